The highest BCUT2D eigenvalue weighted by Gasteiger charge is 2.18. The summed E-state index contributed by atoms with van der Waals surface area (Å²) in [6.07, 6.45) is 2.86. The zero-order valence-corrected chi connectivity index (χ0v) is 7.80. The number of likely N-dealkylation sites (tertiary alicyclic amines) is 1. The van der Waals surface area contributed by atoms with Crippen molar-refractivity contribution in [2.75, 3.05) is 26.3 Å². The average molecular weight is 177 g/mol. The second kappa shape index (κ2) is 4.36. The van der Waals surface area contributed by atoms with Crippen molar-refractivity contribution in [3.05, 3.63) is 0 Å². The van der Waals surface area contributed by atoms with Crippen molar-refractivity contribution >= 4 is 8.38 Å². The van der Waals surface area contributed by atoms with Gasteiger partial charge in [-0.15, -0.1) is 0 Å². The number of nitrogens with zero attached hydrogens (tertiary/aromatic N) is 1. The van der Waals surface area contributed by atoms with Crippen LogP contribution in [0, 0.1) is 5.92 Å². The van der Waals surface area contributed by atoms with Crippen LogP contribution in [0.3, 0.4) is 0 Å². The van der Waals surface area contributed by atoms with Gasteiger partial charge in [0.2, 0.25) is 0 Å². The summed E-state index contributed by atoms with van der Waals surface area (Å²) in [5.74, 6) is 0.548. The van der Waals surface area contributed by atoms with Gasteiger partial charge in [0, 0.05) is 6.16 Å². The van der Waals surface area contributed by atoms with Crippen molar-refractivity contribution in [3.8, 4) is 0 Å². The standard InChI is InChI=1S/C7H16NO2P/c1-8-4-2-7(3-5-8)6-11(9)10/h7,9-10H,2-6H2,1H3. The van der Waals surface area contributed by atoms with E-state index in [0.29, 0.717) is 12.1 Å². The third-order valence-corrected chi connectivity index (χ3v) is 3.10. The third kappa shape index (κ3) is 3.48. The molecular weight excluding hydrogens is 161 g/mol. The van der Waals surface area contributed by atoms with Crippen LogP contribution in [-0.2, 0) is 0 Å². The van der Waals surface area contributed by atoms with Gasteiger partial charge in [0.05, 0.1) is 0 Å². The first-order chi connectivity index (χ1) is 5.18. The van der Waals surface area contributed by atoms with Crippen LogP contribution in [0.15, 0.2) is 0 Å². The normalized spacial score (nSPS) is 22.9. The number of piperidine rings is 1. The first-order valence-electron chi connectivity index (χ1n) is 4.02. The third-order valence-electron chi connectivity index (χ3n) is 2.26. The van der Waals surface area contributed by atoms with E-state index in [1.54, 1.807) is 0 Å². The predicted molar refractivity (Wildman–Crippen MR) is 46.4 cm³/mol. The Bertz CT molecular complexity index is 113. The van der Waals surface area contributed by atoms with E-state index in [1.165, 1.54) is 0 Å². The lowest BCUT2D eigenvalue weighted by Crippen LogP contribution is -2.31. The quantitative estimate of drug-likeness (QED) is 0.608. The molecule has 0 aliphatic carbocycles. The highest BCUT2D eigenvalue weighted by Crippen LogP contribution is 2.31. The zero-order chi connectivity index (χ0) is 8.27. The van der Waals surface area contributed by atoms with Gasteiger partial charge in [-0.05, 0) is 38.9 Å². The van der Waals surface area contributed by atoms with Crippen LogP contribution in [0.5, 0.6) is 0 Å². The van der Waals surface area contributed by atoms with E-state index in [0.717, 1.165) is 25.9 Å². The Hall–Kier alpha value is 0.310. The Balaban J connectivity index is 2.17. The van der Waals surface area contributed by atoms with Crippen molar-refractivity contribution in [2.24, 2.45) is 5.92 Å². The summed E-state index contributed by atoms with van der Waals surface area (Å²) in [6, 6.07) is 0. The van der Waals surface area contributed by atoms with Crippen molar-refractivity contribution in [1.82, 2.24) is 4.90 Å². The van der Waals surface area contributed by atoms with Gasteiger partial charge in [0.25, 0.3) is 0 Å². The van der Waals surface area contributed by atoms with E-state index < -0.39 is 8.38 Å². The molecule has 0 unspecified atom stereocenters. The molecule has 4 heteroatoms. The first-order valence-corrected chi connectivity index (χ1v) is 5.45. The number of hydrogen-bond donors (Lipinski definition) is 2. The average Bonchev–Trinajstić information content (AvgIpc) is 1.93. The van der Waals surface area contributed by atoms with Crippen molar-refractivity contribution in [2.45, 2.75) is 12.8 Å². The summed E-state index contributed by atoms with van der Waals surface area (Å²) in [4.78, 5) is 19.8. The van der Waals surface area contributed by atoms with Gasteiger partial charge in [-0.25, -0.2) is 0 Å². The Morgan fingerprint density at radius 1 is 1.36 bits per heavy atom. The molecule has 1 aliphatic rings. The van der Waals surface area contributed by atoms with Crippen molar-refractivity contribution in [3.63, 3.8) is 0 Å². The molecule has 1 saturated heterocycles. The molecule has 0 aromatic rings. The minimum absolute atomic E-state index is 0.548. The summed E-state index contributed by atoms with van der Waals surface area (Å²) in [6.45, 7) is 2.21. The van der Waals surface area contributed by atoms with Gasteiger partial charge in [0.1, 0.15) is 0 Å². The lowest BCUT2D eigenvalue weighted by atomic mass is 10.00. The summed E-state index contributed by atoms with van der Waals surface area (Å²) >= 11 is 0. The molecule has 0 amide bonds. The van der Waals surface area contributed by atoms with Crippen LogP contribution in [0.2, 0.25) is 0 Å². The van der Waals surface area contributed by atoms with Crippen LogP contribution < -0.4 is 0 Å². The molecule has 1 rings (SSSR count). The highest BCUT2D eigenvalue weighted by atomic mass is 31.2. The van der Waals surface area contributed by atoms with E-state index in [4.69, 9.17) is 9.79 Å². The summed E-state index contributed by atoms with van der Waals surface area (Å²) in [5, 5.41) is 0. The van der Waals surface area contributed by atoms with E-state index in [1.807, 2.05) is 0 Å². The van der Waals surface area contributed by atoms with Crippen LogP contribution in [0.25, 0.3) is 0 Å². The lowest BCUT2D eigenvalue weighted by Gasteiger charge is -2.28. The minimum Gasteiger partial charge on any atom is -0.350 e. The van der Waals surface area contributed by atoms with E-state index >= 15 is 0 Å². The Kier molecular flexibility index (Phi) is 3.73. The Morgan fingerprint density at radius 2 is 1.91 bits per heavy atom. The fourth-order valence-corrected chi connectivity index (χ4v) is 2.30. The molecule has 2 N–H and O–H groups in total. The number of rotatable bonds is 2. The Labute approximate surface area is 68.9 Å². The highest BCUT2D eigenvalue weighted by molar-refractivity contribution is 7.45. The van der Waals surface area contributed by atoms with Crippen LogP contribution in [0.4, 0.5) is 0 Å². The summed E-state index contributed by atoms with van der Waals surface area (Å²) in [5.41, 5.74) is 0. The molecule has 0 spiro atoms. The largest absolute Gasteiger partial charge is 0.350 e. The lowest BCUT2D eigenvalue weighted by molar-refractivity contribution is 0.229. The molecule has 66 valence electrons. The van der Waals surface area contributed by atoms with Crippen LogP contribution in [0.1, 0.15) is 12.8 Å². The Morgan fingerprint density at radius 3 is 2.36 bits per heavy atom. The molecule has 0 bridgehead atoms. The fraction of sp³-hybridized carbons (Fsp3) is 1.00. The molecule has 0 aromatic carbocycles. The second-order valence-electron chi connectivity index (χ2n) is 3.30. The van der Waals surface area contributed by atoms with Gasteiger partial charge in [-0.3, -0.25) is 0 Å². The van der Waals surface area contributed by atoms with E-state index in [-0.39, 0.29) is 0 Å². The first kappa shape index (κ1) is 9.40. The molecule has 1 fully saturated rings. The second-order valence-corrected chi connectivity index (χ2v) is 4.41. The van der Waals surface area contributed by atoms with Gasteiger partial charge in [0.15, 0.2) is 8.38 Å². The van der Waals surface area contributed by atoms with E-state index in [9.17, 15) is 0 Å². The smallest absolute Gasteiger partial charge is 0.165 e. The fourth-order valence-electron chi connectivity index (χ4n) is 1.48. The predicted octanol–water partition coefficient (Wildman–Crippen LogP) is 0.625. The maximum Gasteiger partial charge on any atom is 0.165 e. The maximum atomic E-state index is 8.78. The SMILES string of the molecule is CN1CCC(CP(O)O)CC1. The molecule has 1 heterocycles. The molecule has 0 aromatic heterocycles. The van der Waals surface area contributed by atoms with E-state index in [2.05, 4.69) is 11.9 Å². The summed E-state index contributed by atoms with van der Waals surface area (Å²) in [7, 11) is 0.452. The van der Waals surface area contributed by atoms with Gasteiger partial charge >= 0.3 is 0 Å². The summed E-state index contributed by atoms with van der Waals surface area (Å²) < 4.78 is 0. The minimum atomic E-state index is -1.66. The maximum absolute atomic E-state index is 8.78. The molecule has 0 atom stereocenters. The molecule has 1 aliphatic heterocycles. The molecule has 3 nitrogen and oxygen atoms in total. The van der Waals surface area contributed by atoms with Crippen LogP contribution >= 0.6 is 8.38 Å². The van der Waals surface area contributed by atoms with Crippen molar-refractivity contribution in [1.29, 1.82) is 0 Å². The zero-order valence-electron chi connectivity index (χ0n) is 6.90. The van der Waals surface area contributed by atoms with Gasteiger partial charge < -0.3 is 14.7 Å². The van der Waals surface area contributed by atoms with Gasteiger partial charge in [-0.2, -0.15) is 0 Å². The topological polar surface area (TPSA) is 43.7 Å². The number of hydrogen-bond acceptors (Lipinski definition) is 3. The molecular formula is C7H16NO2P. The molecule has 11 heavy (non-hydrogen) atoms. The van der Waals surface area contributed by atoms with Gasteiger partial charge in [-0.1, -0.05) is 0 Å². The van der Waals surface area contributed by atoms with Crippen LogP contribution in [-0.4, -0.2) is 41.0 Å². The molecule has 0 radical (unpaired) electrons. The monoisotopic (exact) mass is 177 g/mol. The van der Waals surface area contributed by atoms with Crippen molar-refractivity contribution < 1.29 is 9.79 Å². The molecule has 0 saturated carbocycles.